The van der Waals surface area contributed by atoms with Crippen LogP contribution in [0.4, 0.5) is 24.9 Å². The van der Waals surface area contributed by atoms with Gasteiger partial charge in [0.2, 0.25) is 5.95 Å². The van der Waals surface area contributed by atoms with Crippen molar-refractivity contribution in [2.24, 2.45) is 0 Å². The molecule has 0 unspecified atom stereocenters. The third kappa shape index (κ3) is 5.40. The zero-order chi connectivity index (χ0) is 21.7. The van der Waals surface area contributed by atoms with Gasteiger partial charge in [-0.25, -0.2) is 4.98 Å². The van der Waals surface area contributed by atoms with Crippen molar-refractivity contribution in [2.75, 3.05) is 23.7 Å². The van der Waals surface area contributed by atoms with Crippen LogP contribution >= 0.6 is 11.6 Å². The molecule has 5 nitrogen and oxygen atoms in total. The molecule has 0 bridgehead atoms. The first kappa shape index (κ1) is 21.9. The quantitative estimate of drug-likeness (QED) is 0.463. The topological polar surface area (TPSA) is 70.1 Å². The number of rotatable bonds is 7. The van der Waals surface area contributed by atoms with Crippen molar-refractivity contribution in [3.05, 3.63) is 70.7 Å². The van der Waals surface area contributed by atoms with Crippen LogP contribution in [0.15, 0.2) is 54.6 Å². The lowest BCUT2D eigenvalue weighted by atomic mass is 10.1. The van der Waals surface area contributed by atoms with Crippen LogP contribution in [-0.4, -0.2) is 28.2 Å². The molecule has 158 valence electrons. The Morgan fingerprint density at radius 3 is 2.40 bits per heavy atom. The van der Waals surface area contributed by atoms with E-state index in [2.05, 4.69) is 20.6 Å². The van der Waals surface area contributed by atoms with Gasteiger partial charge in [-0.1, -0.05) is 48.0 Å². The number of aromatic nitrogens is 2. The van der Waals surface area contributed by atoms with E-state index in [1.54, 1.807) is 6.07 Å². The van der Waals surface area contributed by atoms with E-state index in [1.807, 2.05) is 37.3 Å². The maximum atomic E-state index is 13.0. The van der Waals surface area contributed by atoms with Crippen molar-refractivity contribution in [1.82, 2.24) is 9.97 Å². The second-order valence-electron chi connectivity index (χ2n) is 6.49. The standard InChI is InChI=1S/C21H20ClF3N4O/c1-2-26-20-28-17(14-8-9-15(16(22)10-14)21(23,24)25)11-19(29-20)27-12-18(30)13-6-4-3-5-7-13/h3-11,18,30H,2,12H2,1H3,(H2,26,27,28,29)/t18-/m0/s1. The summed E-state index contributed by atoms with van der Waals surface area (Å²) in [7, 11) is 0. The lowest BCUT2D eigenvalue weighted by Gasteiger charge is -2.15. The molecule has 1 atom stereocenters. The van der Waals surface area contributed by atoms with Gasteiger partial charge in [-0.3, -0.25) is 0 Å². The van der Waals surface area contributed by atoms with E-state index >= 15 is 0 Å². The highest BCUT2D eigenvalue weighted by atomic mass is 35.5. The van der Waals surface area contributed by atoms with Crippen molar-refractivity contribution in [1.29, 1.82) is 0 Å². The molecule has 9 heteroatoms. The Kier molecular flexibility index (Phi) is 6.79. The predicted octanol–water partition coefficient (Wildman–Crippen LogP) is 5.39. The highest BCUT2D eigenvalue weighted by Crippen LogP contribution is 2.36. The van der Waals surface area contributed by atoms with Crippen molar-refractivity contribution in [2.45, 2.75) is 19.2 Å². The number of anilines is 2. The summed E-state index contributed by atoms with van der Waals surface area (Å²) in [6.45, 7) is 2.63. The van der Waals surface area contributed by atoms with Crippen LogP contribution in [-0.2, 0) is 6.18 Å². The summed E-state index contributed by atoms with van der Waals surface area (Å²) in [6, 6.07) is 14.2. The van der Waals surface area contributed by atoms with Crippen molar-refractivity contribution < 1.29 is 18.3 Å². The molecule has 0 fully saturated rings. The smallest absolute Gasteiger partial charge is 0.387 e. The van der Waals surface area contributed by atoms with E-state index in [0.29, 0.717) is 29.6 Å². The first-order chi connectivity index (χ1) is 14.3. The van der Waals surface area contributed by atoms with Gasteiger partial charge in [0, 0.05) is 24.7 Å². The maximum Gasteiger partial charge on any atom is 0.417 e. The molecule has 30 heavy (non-hydrogen) atoms. The van der Waals surface area contributed by atoms with Gasteiger partial charge in [0.05, 0.1) is 22.4 Å². The van der Waals surface area contributed by atoms with Gasteiger partial charge < -0.3 is 15.7 Å². The summed E-state index contributed by atoms with van der Waals surface area (Å²) in [5, 5.41) is 16.0. The summed E-state index contributed by atoms with van der Waals surface area (Å²) >= 11 is 5.85. The lowest BCUT2D eigenvalue weighted by Crippen LogP contribution is -2.14. The average Bonchev–Trinajstić information content (AvgIpc) is 2.71. The largest absolute Gasteiger partial charge is 0.417 e. The molecule has 1 aromatic heterocycles. The highest BCUT2D eigenvalue weighted by molar-refractivity contribution is 6.31. The van der Waals surface area contributed by atoms with E-state index in [-0.39, 0.29) is 6.54 Å². The van der Waals surface area contributed by atoms with Crippen LogP contribution in [0.2, 0.25) is 5.02 Å². The van der Waals surface area contributed by atoms with Gasteiger partial charge in [-0.05, 0) is 24.6 Å². The normalized spacial score (nSPS) is 12.5. The zero-order valence-electron chi connectivity index (χ0n) is 16.0. The molecular formula is C21H20ClF3N4O. The second kappa shape index (κ2) is 9.32. The molecule has 0 radical (unpaired) electrons. The zero-order valence-corrected chi connectivity index (χ0v) is 16.8. The molecule has 0 aliphatic rings. The first-order valence-corrected chi connectivity index (χ1v) is 9.62. The Morgan fingerprint density at radius 1 is 1.03 bits per heavy atom. The minimum absolute atomic E-state index is 0.194. The third-order valence-corrected chi connectivity index (χ3v) is 4.60. The van der Waals surface area contributed by atoms with Crippen molar-refractivity contribution in [3.63, 3.8) is 0 Å². The molecule has 0 aliphatic carbocycles. The number of aliphatic hydroxyl groups is 1. The summed E-state index contributed by atoms with van der Waals surface area (Å²) in [6.07, 6.45) is -5.29. The summed E-state index contributed by atoms with van der Waals surface area (Å²) < 4.78 is 38.9. The molecule has 2 aromatic carbocycles. The Labute approximate surface area is 177 Å². The van der Waals surface area contributed by atoms with E-state index in [9.17, 15) is 18.3 Å². The van der Waals surface area contributed by atoms with Gasteiger partial charge in [0.1, 0.15) is 5.82 Å². The Hall–Kier alpha value is -2.84. The average molecular weight is 437 g/mol. The number of benzene rings is 2. The van der Waals surface area contributed by atoms with E-state index in [4.69, 9.17) is 11.6 Å². The SMILES string of the molecule is CCNc1nc(NC[C@H](O)c2ccccc2)cc(-c2ccc(C(F)(F)F)c(Cl)c2)n1. The summed E-state index contributed by atoms with van der Waals surface area (Å²) in [4.78, 5) is 8.68. The second-order valence-corrected chi connectivity index (χ2v) is 6.90. The predicted molar refractivity (Wildman–Crippen MR) is 112 cm³/mol. The molecule has 3 rings (SSSR count). The summed E-state index contributed by atoms with van der Waals surface area (Å²) in [5.74, 6) is 0.727. The minimum Gasteiger partial charge on any atom is -0.387 e. The van der Waals surface area contributed by atoms with Gasteiger partial charge >= 0.3 is 6.18 Å². The number of alkyl halides is 3. The van der Waals surface area contributed by atoms with Crippen LogP contribution in [0.5, 0.6) is 0 Å². The molecular weight excluding hydrogens is 417 g/mol. The molecule has 0 saturated carbocycles. The van der Waals surface area contributed by atoms with Crippen LogP contribution in [0.3, 0.4) is 0 Å². The molecule has 0 spiro atoms. The molecule has 0 aliphatic heterocycles. The minimum atomic E-state index is -4.53. The number of nitrogens with one attached hydrogen (secondary N) is 2. The Morgan fingerprint density at radius 2 is 1.77 bits per heavy atom. The Balaban J connectivity index is 1.87. The van der Waals surface area contributed by atoms with Crippen LogP contribution in [0.25, 0.3) is 11.3 Å². The first-order valence-electron chi connectivity index (χ1n) is 9.25. The summed E-state index contributed by atoms with van der Waals surface area (Å²) in [5.41, 5.74) is 0.661. The van der Waals surface area contributed by atoms with Crippen LogP contribution in [0, 0.1) is 0 Å². The fraction of sp³-hybridized carbons (Fsp3) is 0.238. The maximum absolute atomic E-state index is 13.0. The molecule has 1 heterocycles. The fourth-order valence-corrected chi connectivity index (χ4v) is 3.11. The van der Waals surface area contributed by atoms with Gasteiger partial charge in [0.15, 0.2) is 0 Å². The van der Waals surface area contributed by atoms with Crippen LogP contribution in [0.1, 0.15) is 24.2 Å². The Bertz CT molecular complexity index is 999. The monoisotopic (exact) mass is 436 g/mol. The number of nitrogens with zero attached hydrogens (tertiary/aromatic N) is 2. The van der Waals surface area contributed by atoms with E-state index < -0.39 is 22.9 Å². The number of aliphatic hydroxyl groups excluding tert-OH is 1. The van der Waals surface area contributed by atoms with Gasteiger partial charge in [0.25, 0.3) is 0 Å². The third-order valence-electron chi connectivity index (χ3n) is 4.29. The van der Waals surface area contributed by atoms with Crippen molar-refractivity contribution in [3.8, 4) is 11.3 Å². The van der Waals surface area contributed by atoms with E-state index in [1.165, 1.54) is 12.1 Å². The number of halogens is 4. The lowest BCUT2D eigenvalue weighted by molar-refractivity contribution is -0.137. The fourth-order valence-electron chi connectivity index (χ4n) is 2.82. The molecule has 0 saturated heterocycles. The van der Waals surface area contributed by atoms with Gasteiger partial charge in [-0.2, -0.15) is 18.2 Å². The number of hydrogen-bond acceptors (Lipinski definition) is 5. The van der Waals surface area contributed by atoms with Gasteiger partial charge in [-0.15, -0.1) is 0 Å². The van der Waals surface area contributed by atoms with Crippen molar-refractivity contribution >= 4 is 23.4 Å². The number of hydrogen-bond donors (Lipinski definition) is 3. The highest BCUT2D eigenvalue weighted by Gasteiger charge is 2.33. The van der Waals surface area contributed by atoms with Crippen LogP contribution < -0.4 is 10.6 Å². The van der Waals surface area contributed by atoms with E-state index in [0.717, 1.165) is 11.6 Å². The molecule has 0 amide bonds. The molecule has 3 aromatic rings. The molecule has 3 N–H and O–H groups in total.